The van der Waals surface area contributed by atoms with Crippen molar-refractivity contribution in [2.24, 2.45) is 0 Å². The monoisotopic (exact) mass is 354 g/mol. The molecule has 0 aliphatic heterocycles. The number of nitrogens with zero attached hydrogens (tertiary/aromatic N) is 1. The zero-order valence-corrected chi connectivity index (χ0v) is 12.6. The second-order valence-corrected chi connectivity index (χ2v) is 5.16. The molecular weight excluding hydrogens is 339 g/mol. The van der Waals surface area contributed by atoms with E-state index in [9.17, 15) is 4.79 Å². The van der Waals surface area contributed by atoms with E-state index in [4.69, 9.17) is 0 Å². The normalized spacial score (nSPS) is 10.6. The fourth-order valence-corrected chi connectivity index (χ4v) is 2.41. The van der Waals surface area contributed by atoms with Gasteiger partial charge in [-0.25, -0.2) is 4.98 Å². The highest BCUT2D eigenvalue weighted by Gasteiger charge is 2.08. The summed E-state index contributed by atoms with van der Waals surface area (Å²) in [6, 6.07) is 8.14. The number of H-pyrrole nitrogens is 1. The fourth-order valence-electron chi connectivity index (χ4n) is 1.77. The topological polar surface area (TPSA) is 45.8 Å². The molecule has 0 saturated heterocycles. The lowest BCUT2D eigenvalue weighted by Gasteiger charge is -2.06. The molecule has 0 aliphatic rings. The zero-order chi connectivity index (χ0) is 13.1. The second-order valence-electron chi connectivity index (χ2n) is 4.08. The molecule has 0 spiro atoms. The van der Waals surface area contributed by atoms with Crippen LogP contribution in [0.4, 0.5) is 0 Å². The minimum atomic E-state index is -0.0583. The molecule has 0 atom stereocenters. The lowest BCUT2D eigenvalue weighted by Crippen LogP contribution is -2.15. The molecule has 2 rings (SSSR count). The number of hydrogen-bond donors (Lipinski definition) is 1. The quantitative estimate of drug-likeness (QED) is 0.861. The van der Waals surface area contributed by atoms with Crippen LogP contribution in [0.25, 0.3) is 11.4 Å². The van der Waals surface area contributed by atoms with Gasteiger partial charge in [-0.1, -0.05) is 38.1 Å². The standard InChI is InChI=1S/C14H15IN2O/c1-3-9-5-7-10(8-6-9)13-16-11(4-2)12(15)14(18)17-13/h5-8H,3-4H2,1-2H3,(H,16,17,18). The fraction of sp³-hybridized carbons (Fsp3) is 0.286. The number of benzene rings is 1. The van der Waals surface area contributed by atoms with Gasteiger partial charge in [0.25, 0.3) is 5.56 Å². The first-order valence-corrected chi connectivity index (χ1v) is 7.11. The summed E-state index contributed by atoms with van der Waals surface area (Å²) in [6.07, 6.45) is 1.78. The van der Waals surface area contributed by atoms with E-state index in [2.05, 4.69) is 29.0 Å². The molecule has 2 aromatic rings. The Bertz CT molecular complexity index is 602. The van der Waals surface area contributed by atoms with Gasteiger partial charge in [0, 0.05) is 5.56 Å². The van der Waals surface area contributed by atoms with Gasteiger partial charge < -0.3 is 4.98 Å². The van der Waals surface area contributed by atoms with Crippen molar-refractivity contribution in [2.45, 2.75) is 26.7 Å². The maximum atomic E-state index is 11.8. The first-order valence-electron chi connectivity index (χ1n) is 6.03. The van der Waals surface area contributed by atoms with Crippen molar-refractivity contribution in [1.29, 1.82) is 0 Å². The summed E-state index contributed by atoms with van der Waals surface area (Å²) in [6.45, 7) is 4.13. The molecule has 0 unspecified atom stereocenters. The molecule has 0 bridgehead atoms. The van der Waals surface area contributed by atoms with Crippen LogP contribution in [0.1, 0.15) is 25.1 Å². The van der Waals surface area contributed by atoms with E-state index in [1.165, 1.54) is 5.56 Å². The van der Waals surface area contributed by atoms with Gasteiger partial charge in [0.2, 0.25) is 0 Å². The molecule has 4 heteroatoms. The van der Waals surface area contributed by atoms with E-state index < -0.39 is 0 Å². The molecule has 18 heavy (non-hydrogen) atoms. The Kier molecular flexibility index (Phi) is 4.16. The van der Waals surface area contributed by atoms with Crippen LogP contribution >= 0.6 is 22.6 Å². The van der Waals surface area contributed by atoms with Crippen LogP contribution in [-0.2, 0) is 12.8 Å². The molecule has 3 nitrogen and oxygen atoms in total. The number of aromatic nitrogens is 2. The van der Waals surface area contributed by atoms with Crippen molar-refractivity contribution in [3.05, 3.63) is 49.4 Å². The molecule has 1 N–H and O–H groups in total. The molecule has 0 amide bonds. The summed E-state index contributed by atoms with van der Waals surface area (Å²) in [5.41, 5.74) is 3.03. The van der Waals surface area contributed by atoms with E-state index in [-0.39, 0.29) is 5.56 Å². The summed E-state index contributed by atoms with van der Waals surface area (Å²) in [5, 5.41) is 0. The van der Waals surface area contributed by atoms with Crippen LogP contribution in [-0.4, -0.2) is 9.97 Å². The van der Waals surface area contributed by atoms with E-state index in [0.29, 0.717) is 9.39 Å². The van der Waals surface area contributed by atoms with Gasteiger partial charge in [-0.2, -0.15) is 0 Å². The van der Waals surface area contributed by atoms with Gasteiger partial charge in [-0.3, -0.25) is 4.79 Å². The molecule has 1 aromatic heterocycles. The van der Waals surface area contributed by atoms with E-state index in [1.807, 2.05) is 41.6 Å². The Balaban J connectivity index is 2.50. The van der Waals surface area contributed by atoms with Crippen LogP contribution < -0.4 is 5.56 Å². The van der Waals surface area contributed by atoms with Gasteiger partial charge in [0.05, 0.1) is 9.26 Å². The Morgan fingerprint density at radius 2 is 1.83 bits per heavy atom. The highest BCUT2D eigenvalue weighted by molar-refractivity contribution is 14.1. The van der Waals surface area contributed by atoms with Crippen LogP contribution in [0.3, 0.4) is 0 Å². The summed E-state index contributed by atoms with van der Waals surface area (Å²) < 4.78 is 0.684. The third kappa shape index (κ3) is 2.63. The van der Waals surface area contributed by atoms with Crippen molar-refractivity contribution in [3.63, 3.8) is 0 Å². The Morgan fingerprint density at radius 1 is 1.17 bits per heavy atom. The van der Waals surface area contributed by atoms with Crippen LogP contribution in [0.2, 0.25) is 0 Å². The molecule has 0 fully saturated rings. The van der Waals surface area contributed by atoms with E-state index >= 15 is 0 Å². The molecule has 1 aromatic carbocycles. The third-order valence-electron chi connectivity index (χ3n) is 2.90. The minimum Gasteiger partial charge on any atom is -0.306 e. The zero-order valence-electron chi connectivity index (χ0n) is 10.5. The number of aromatic amines is 1. The predicted octanol–water partition coefficient (Wildman–Crippen LogP) is 3.17. The summed E-state index contributed by atoms with van der Waals surface area (Å²) in [5.74, 6) is 0.653. The molecule has 94 valence electrons. The number of aryl methyl sites for hydroxylation is 2. The average Bonchev–Trinajstić information content (AvgIpc) is 2.42. The van der Waals surface area contributed by atoms with Crippen molar-refractivity contribution < 1.29 is 0 Å². The molecule has 1 heterocycles. The first-order chi connectivity index (χ1) is 8.65. The van der Waals surface area contributed by atoms with E-state index in [0.717, 1.165) is 24.1 Å². The van der Waals surface area contributed by atoms with Gasteiger partial charge in [0.15, 0.2) is 0 Å². The number of halogens is 1. The number of hydrogen-bond acceptors (Lipinski definition) is 2. The lowest BCUT2D eigenvalue weighted by molar-refractivity contribution is 0.968. The second kappa shape index (κ2) is 5.65. The number of nitrogens with one attached hydrogen (secondary N) is 1. The van der Waals surface area contributed by atoms with E-state index in [1.54, 1.807) is 0 Å². The maximum absolute atomic E-state index is 11.8. The van der Waals surface area contributed by atoms with Gasteiger partial charge in [-0.15, -0.1) is 0 Å². The maximum Gasteiger partial charge on any atom is 0.264 e. The lowest BCUT2D eigenvalue weighted by atomic mass is 10.1. The summed E-state index contributed by atoms with van der Waals surface area (Å²) >= 11 is 2.05. The van der Waals surface area contributed by atoms with Crippen molar-refractivity contribution in [3.8, 4) is 11.4 Å². The molecule has 0 saturated carbocycles. The van der Waals surface area contributed by atoms with Gasteiger partial charge in [-0.05, 0) is 41.0 Å². The molecular formula is C14H15IN2O. The highest BCUT2D eigenvalue weighted by atomic mass is 127. The Labute approximate surface area is 120 Å². The minimum absolute atomic E-state index is 0.0583. The smallest absolute Gasteiger partial charge is 0.264 e. The Hall–Kier alpha value is -1.17. The first kappa shape index (κ1) is 13.3. The summed E-state index contributed by atoms with van der Waals surface area (Å²) in [7, 11) is 0. The van der Waals surface area contributed by atoms with Crippen LogP contribution in [0.5, 0.6) is 0 Å². The van der Waals surface area contributed by atoms with Crippen molar-refractivity contribution in [1.82, 2.24) is 9.97 Å². The van der Waals surface area contributed by atoms with Crippen molar-refractivity contribution in [2.75, 3.05) is 0 Å². The highest BCUT2D eigenvalue weighted by Crippen LogP contribution is 2.16. The van der Waals surface area contributed by atoms with Gasteiger partial charge in [0.1, 0.15) is 5.82 Å². The largest absolute Gasteiger partial charge is 0.306 e. The SMILES string of the molecule is CCc1ccc(-c2nc(CC)c(I)c(=O)[nH]2)cc1. The third-order valence-corrected chi connectivity index (χ3v) is 4.01. The van der Waals surface area contributed by atoms with Gasteiger partial charge >= 0.3 is 0 Å². The molecule has 0 radical (unpaired) electrons. The number of rotatable bonds is 3. The Morgan fingerprint density at radius 3 is 2.39 bits per heavy atom. The van der Waals surface area contributed by atoms with Crippen LogP contribution in [0.15, 0.2) is 29.1 Å². The van der Waals surface area contributed by atoms with Crippen molar-refractivity contribution >= 4 is 22.6 Å². The molecule has 0 aliphatic carbocycles. The average molecular weight is 354 g/mol. The summed E-state index contributed by atoms with van der Waals surface area (Å²) in [4.78, 5) is 19.2. The predicted molar refractivity (Wildman–Crippen MR) is 81.8 cm³/mol. The van der Waals surface area contributed by atoms with Crippen LogP contribution in [0, 0.1) is 3.57 Å².